The van der Waals surface area contributed by atoms with E-state index in [1.165, 1.54) is 48.3 Å². The summed E-state index contributed by atoms with van der Waals surface area (Å²) in [5.74, 6) is -4.98. The SMILES string of the molecule is COc1cc(C(=O)NC[C@@](O)(c2ccccc2)c2cc3c(c(-c4cccc(F)c4F)n2)OC[C@]3(C)C(N)=O)cc2cn(C3(F)CC3)nc12. The molecule has 10 nitrogen and oxygen atoms in total. The summed E-state index contributed by atoms with van der Waals surface area (Å²) >= 11 is 0. The fourth-order valence-corrected chi connectivity index (χ4v) is 5.96. The van der Waals surface area contributed by atoms with Crippen molar-refractivity contribution in [2.24, 2.45) is 5.73 Å². The van der Waals surface area contributed by atoms with E-state index in [1.54, 1.807) is 37.3 Å². The highest BCUT2D eigenvalue weighted by Gasteiger charge is 2.47. The lowest BCUT2D eigenvalue weighted by molar-refractivity contribution is -0.123. The molecule has 2 amide bonds. The number of nitrogens with two attached hydrogens (primary N) is 1. The number of benzene rings is 3. The predicted octanol–water partition coefficient (Wildman–Crippen LogP) is 4.60. The minimum atomic E-state index is -2.07. The number of primary amides is 1. The Morgan fingerprint density at radius 2 is 1.88 bits per heavy atom. The van der Waals surface area contributed by atoms with E-state index >= 15 is 4.39 Å². The number of rotatable bonds is 9. The zero-order chi connectivity index (χ0) is 34.0. The van der Waals surface area contributed by atoms with Gasteiger partial charge in [-0.15, -0.1) is 0 Å². The molecular formula is C35H30F3N5O5. The van der Waals surface area contributed by atoms with Crippen LogP contribution >= 0.6 is 0 Å². The van der Waals surface area contributed by atoms with Crippen molar-refractivity contribution in [3.63, 3.8) is 0 Å². The van der Waals surface area contributed by atoms with Gasteiger partial charge in [-0.3, -0.25) is 9.59 Å². The van der Waals surface area contributed by atoms with Crippen molar-refractivity contribution in [2.75, 3.05) is 20.3 Å². The van der Waals surface area contributed by atoms with Crippen LogP contribution in [0.15, 0.2) is 72.9 Å². The average molecular weight is 658 g/mol. The normalized spacial score (nSPS) is 18.9. The third-order valence-electron chi connectivity index (χ3n) is 9.13. The second-order valence-corrected chi connectivity index (χ2v) is 12.3. The molecule has 4 N–H and O–H groups in total. The average Bonchev–Trinajstić information content (AvgIpc) is 3.52. The first kappa shape index (κ1) is 31.2. The molecule has 5 aromatic rings. The first-order chi connectivity index (χ1) is 22.9. The van der Waals surface area contributed by atoms with Crippen molar-refractivity contribution < 1.29 is 37.3 Å². The van der Waals surface area contributed by atoms with Gasteiger partial charge in [-0.1, -0.05) is 36.4 Å². The number of aliphatic hydroxyl groups is 1. The second-order valence-electron chi connectivity index (χ2n) is 12.3. The highest BCUT2D eigenvalue weighted by atomic mass is 19.2. The number of nitrogens with one attached hydrogen (secondary N) is 1. The first-order valence-corrected chi connectivity index (χ1v) is 15.1. The third-order valence-corrected chi connectivity index (χ3v) is 9.13. The van der Waals surface area contributed by atoms with Gasteiger partial charge >= 0.3 is 0 Å². The number of hydrogen-bond acceptors (Lipinski definition) is 7. The fraction of sp³-hybridized carbons (Fsp3) is 0.257. The van der Waals surface area contributed by atoms with Crippen LogP contribution in [0.25, 0.3) is 22.2 Å². The van der Waals surface area contributed by atoms with Gasteiger partial charge in [0, 0.05) is 41.1 Å². The Kier molecular flexibility index (Phi) is 7.20. The van der Waals surface area contributed by atoms with Gasteiger partial charge in [0.15, 0.2) is 11.6 Å². The van der Waals surface area contributed by atoms with Crippen LogP contribution in [0.5, 0.6) is 11.5 Å². The van der Waals surface area contributed by atoms with E-state index in [9.17, 15) is 23.5 Å². The van der Waals surface area contributed by atoms with Crippen molar-refractivity contribution in [2.45, 2.75) is 36.6 Å². The lowest BCUT2D eigenvalue weighted by Crippen LogP contribution is -2.43. The molecular weight excluding hydrogens is 627 g/mol. The molecule has 0 saturated heterocycles. The maximum atomic E-state index is 15.2. The molecule has 13 heteroatoms. The number of carbonyl (C=O) groups excluding carboxylic acids is 2. The van der Waals surface area contributed by atoms with E-state index < -0.39 is 46.8 Å². The molecule has 1 fully saturated rings. The Bertz CT molecular complexity index is 2120. The van der Waals surface area contributed by atoms with Crippen molar-refractivity contribution >= 4 is 22.7 Å². The number of amides is 2. The predicted molar refractivity (Wildman–Crippen MR) is 168 cm³/mol. The molecule has 2 atom stereocenters. The maximum absolute atomic E-state index is 15.2. The van der Waals surface area contributed by atoms with E-state index in [-0.39, 0.29) is 46.2 Å². The van der Waals surface area contributed by atoms with Gasteiger partial charge in [0.25, 0.3) is 5.91 Å². The number of methoxy groups -OCH3 is 1. The molecule has 48 heavy (non-hydrogen) atoms. The lowest BCUT2D eigenvalue weighted by atomic mass is 9.80. The number of hydrogen-bond donors (Lipinski definition) is 3. The standard InChI is InChI=1S/C35H30F3N5O5/c1-33(32(39)45)18-48-30-23(33)15-26(41-29(30)22-9-6-10-24(36)27(22)37)35(46,21-7-4-3-5-8-21)17-40-31(44)19-13-20-16-43(34(38)11-12-34)42-28(20)25(14-19)47-2/h3-10,13-16,46H,11-12,17-18H2,1-2H3,(H2,39,45)(H,40,44)/t33-,35+/m0/s1. The zero-order valence-electron chi connectivity index (χ0n) is 25.9. The minimum Gasteiger partial charge on any atom is -0.494 e. The van der Waals surface area contributed by atoms with Crippen LogP contribution < -0.4 is 20.5 Å². The van der Waals surface area contributed by atoms with Crippen LogP contribution in [0.4, 0.5) is 13.2 Å². The molecule has 1 saturated carbocycles. The minimum absolute atomic E-state index is 0.0196. The summed E-state index contributed by atoms with van der Waals surface area (Å²) in [7, 11) is 1.41. The van der Waals surface area contributed by atoms with E-state index in [0.717, 1.165) is 6.07 Å². The van der Waals surface area contributed by atoms with Gasteiger partial charge < -0.3 is 25.6 Å². The Morgan fingerprint density at radius 1 is 1.12 bits per heavy atom. The smallest absolute Gasteiger partial charge is 0.251 e. The molecule has 0 bridgehead atoms. The fourth-order valence-electron chi connectivity index (χ4n) is 5.96. The monoisotopic (exact) mass is 657 g/mol. The highest BCUT2D eigenvalue weighted by molar-refractivity contribution is 6.00. The molecule has 1 aliphatic carbocycles. The first-order valence-electron chi connectivity index (χ1n) is 15.1. The molecule has 0 unspecified atom stereocenters. The summed E-state index contributed by atoms with van der Waals surface area (Å²) < 4.78 is 56.9. The summed E-state index contributed by atoms with van der Waals surface area (Å²) in [6.45, 7) is 0.894. The number of fused-ring (bicyclic) bond motifs is 2. The number of aromatic nitrogens is 3. The third kappa shape index (κ3) is 4.93. The Labute approximate surface area is 272 Å². The number of ether oxygens (including phenoxy) is 2. The van der Waals surface area contributed by atoms with E-state index in [0.29, 0.717) is 29.3 Å². The maximum Gasteiger partial charge on any atom is 0.251 e. The number of carbonyl (C=O) groups is 2. The summed E-state index contributed by atoms with van der Waals surface area (Å²) in [6, 6.07) is 16.3. The van der Waals surface area contributed by atoms with Gasteiger partial charge in [-0.05, 0) is 42.8 Å². The molecule has 3 aromatic carbocycles. The molecule has 0 spiro atoms. The van der Waals surface area contributed by atoms with E-state index in [1.807, 2.05) is 0 Å². The summed E-state index contributed by atoms with van der Waals surface area (Å²) in [4.78, 5) is 30.9. The van der Waals surface area contributed by atoms with E-state index in [4.69, 9.17) is 15.2 Å². The van der Waals surface area contributed by atoms with E-state index in [2.05, 4.69) is 15.4 Å². The van der Waals surface area contributed by atoms with Crippen molar-refractivity contribution in [1.29, 1.82) is 0 Å². The van der Waals surface area contributed by atoms with Crippen LogP contribution in [0.3, 0.4) is 0 Å². The molecule has 1 aliphatic heterocycles. The topological polar surface area (TPSA) is 142 Å². The van der Waals surface area contributed by atoms with Crippen LogP contribution in [0.1, 0.15) is 46.9 Å². The van der Waals surface area contributed by atoms with Gasteiger partial charge in [-0.25, -0.2) is 22.8 Å². The number of halogens is 3. The van der Waals surface area contributed by atoms with Gasteiger partial charge in [-0.2, -0.15) is 5.10 Å². The molecule has 7 rings (SSSR count). The largest absolute Gasteiger partial charge is 0.494 e. The number of nitrogens with zero attached hydrogens (tertiary/aromatic N) is 3. The summed E-state index contributed by atoms with van der Waals surface area (Å²) in [5, 5.41) is 20.0. The lowest BCUT2D eigenvalue weighted by Gasteiger charge is -2.30. The van der Waals surface area contributed by atoms with Gasteiger partial charge in [0.05, 0.1) is 19.3 Å². The molecule has 246 valence electrons. The Balaban J connectivity index is 1.32. The summed E-state index contributed by atoms with van der Waals surface area (Å²) in [6.07, 6.45) is 2.19. The van der Waals surface area contributed by atoms with Crippen molar-refractivity contribution in [3.05, 3.63) is 107 Å². The quantitative estimate of drug-likeness (QED) is 0.210. The second kappa shape index (κ2) is 11.1. The van der Waals surface area contributed by atoms with Crippen LogP contribution in [0.2, 0.25) is 0 Å². The van der Waals surface area contributed by atoms with Crippen LogP contribution in [-0.4, -0.2) is 51.9 Å². The number of pyridine rings is 1. The van der Waals surface area contributed by atoms with Crippen LogP contribution in [0, 0.1) is 11.6 Å². The molecule has 2 aliphatic rings. The van der Waals surface area contributed by atoms with Gasteiger partial charge in [0.2, 0.25) is 11.7 Å². The Morgan fingerprint density at radius 3 is 2.56 bits per heavy atom. The zero-order valence-corrected chi connectivity index (χ0v) is 25.9. The van der Waals surface area contributed by atoms with Gasteiger partial charge in [0.1, 0.15) is 40.3 Å². The molecule has 0 radical (unpaired) electrons. The van der Waals surface area contributed by atoms with Crippen molar-refractivity contribution in [3.8, 4) is 22.8 Å². The summed E-state index contributed by atoms with van der Waals surface area (Å²) in [5.41, 5.74) is 2.86. The van der Waals surface area contributed by atoms with Crippen LogP contribution in [-0.2, 0) is 21.6 Å². The highest BCUT2D eigenvalue weighted by Crippen LogP contribution is 2.47. The van der Waals surface area contributed by atoms with Crippen molar-refractivity contribution in [1.82, 2.24) is 20.1 Å². The number of alkyl halides is 1. The molecule has 3 heterocycles. The molecule has 2 aromatic heterocycles. The Hall–Kier alpha value is -5.43.